The highest BCUT2D eigenvalue weighted by molar-refractivity contribution is 7.98. The van der Waals surface area contributed by atoms with Gasteiger partial charge in [-0.3, -0.25) is 0 Å². The van der Waals surface area contributed by atoms with Crippen LogP contribution in [0.4, 0.5) is 0 Å². The van der Waals surface area contributed by atoms with E-state index in [1.807, 2.05) is 23.7 Å². The first-order valence-corrected chi connectivity index (χ1v) is 6.21. The average Bonchev–Trinajstić information content (AvgIpc) is 2.67. The lowest BCUT2D eigenvalue weighted by molar-refractivity contribution is 0.271. The number of aliphatic hydroxyl groups excluding tert-OH is 1. The zero-order chi connectivity index (χ0) is 12.3. The third kappa shape index (κ3) is 2.81. The molecule has 2 aromatic rings. The second kappa shape index (κ2) is 5.25. The van der Waals surface area contributed by atoms with Gasteiger partial charge in [-0.15, -0.1) is 0 Å². The number of aromatic hydroxyl groups is 1. The van der Waals surface area contributed by atoms with Crippen molar-refractivity contribution >= 4 is 11.8 Å². The second-order valence-electron chi connectivity index (χ2n) is 3.71. The summed E-state index contributed by atoms with van der Waals surface area (Å²) >= 11 is 1.57. The van der Waals surface area contributed by atoms with Crippen molar-refractivity contribution in [1.29, 1.82) is 0 Å². The van der Waals surface area contributed by atoms with Crippen LogP contribution in [0.15, 0.2) is 35.6 Å². The molecule has 0 bridgehead atoms. The van der Waals surface area contributed by atoms with Crippen LogP contribution < -0.4 is 0 Å². The van der Waals surface area contributed by atoms with Crippen molar-refractivity contribution in [3.63, 3.8) is 0 Å². The summed E-state index contributed by atoms with van der Waals surface area (Å²) in [7, 11) is 1.88. The average molecular weight is 250 g/mol. The van der Waals surface area contributed by atoms with Crippen molar-refractivity contribution in [2.75, 3.05) is 0 Å². The third-order valence-corrected chi connectivity index (χ3v) is 3.60. The van der Waals surface area contributed by atoms with Crippen LogP contribution in [0.2, 0.25) is 0 Å². The lowest BCUT2D eigenvalue weighted by Gasteiger charge is -2.04. The number of benzene rings is 1. The number of imidazole rings is 1. The van der Waals surface area contributed by atoms with Gasteiger partial charge in [0.1, 0.15) is 5.75 Å². The molecule has 0 aliphatic carbocycles. The van der Waals surface area contributed by atoms with Gasteiger partial charge in [-0.05, 0) is 17.7 Å². The number of phenolic OH excluding ortho intramolecular Hbond substituents is 1. The molecule has 0 aliphatic rings. The largest absolute Gasteiger partial charge is 0.508 e. The molecule has 0 spiro atoms. The predicted octanol–water partition coefficient (Wildman–Crippen LogP) is 1.91. The van der Waals surface area contributed by atoms with Crippen molar-refractivity contribution < 1.29 is 10.2 Å². The van der Waals surface area contributed by atoms with E-state index in [1.54, 1.807) is 30.1 Å². The normalized spacial score (nSPS) is 10.7. The maximum atomic E-state index is 9.34. The summed E-state index contributed by atoms with van der Waals surface area (Å²) in [5, 5.41) is 19.3. The fourth-order valence-electron chi connectivity index (χ4n) is 1.50. The van der Waals surface area contributed by atoms with Crippen molar-refractivity contribution in [2.45, 2.75) is 17.5 Å². The maximum absolute atomic E-state index is 9.34. The molecule has 4 nitrogen and oxygen atoms in total. The maximum Gasteiger partial charge on any atom is 0.168 e. The SMILES string of the molecule is Cn1c(CO)cnc1SCc1cccc(O)c1. The van der Waals surface area contributed by atoms with E-state index in [0.717, 1.165) is 22.2 Å². The zero-order valence-electron chi connectivity index (χ0n) is 9.50. The first-order chi connectivity index (χ1) is 8.20. The van der Waals surface area contributed by atoms with Crippen LogP contribution >= 0.6 is 11.8 Å². The van der Waals surface area contributed by atoms with E-state index in [4.69, 9.17) is 5.11 Å². The Labute approximate surface area is 104 Å². The minimum absolute atomic E-state index is 0.00378. The second-order valence-corrected chi connectivity index (χ2v) is 4.65. The number of hydrogen-bond acceptors (Lipinski definition) is 4. The Morgan fingerprint density at radius 1 is 1.41 bits per heavy atom. The Kier molecular flexibility index (Phi) is 3.71. The molecule has 2 N–H and O–H groups in total. The number of aromatic nitrogens is 2. The van der Waals surface area contributed by atoms with Gasteiger partial charge in [0.05, 0.1) is 18.5 Å². The van der Waals surface area contributed by atoms with Gasteiger partial charge >= 0.3 is 0 Å². The first kappa shape index (κ1) is 12.0. The molecule has 1 heterocycles. The first-order valence-electron chi connectivity index (χ1n) is 5.23. The molecule has 1 aromatic heterocycles. The Morgan fingerprint density at radius 3 is 2.88 bits per heavy atom. The van der Waals surface area contributed by atoms with Crippen LogP contribution in [0.1, 0.15) is 11.3 Å². The summed E-state index contributed by atoms with van der Waals surface area (Å²) in [6.07, 6.45) is 1.67. The van der Waals surface area contributed by atoms with Gasteiger partial charge in [0, 0.05) is 12.8 Å². The van der Waals surface area contributed by atoms with E-state index in [2.05, 4.69) is 4.98 Å². The Morgan fingerprint density at radius 2 is 2.24 bits per heavy atom. The van der Waals surface area contributed by atoms with Crippen molar-refractivity contribution in [1.82, 2.24) is 9.55 Å². The fourth-order valence-corrected chi connectivity index (χ4v) is 2.41. The monoisotopic (exact) mass is 250 g/mol. The van der Waals surface area contributed by atoms with E-state index >= 15 is 0 Å². The predicted molar refractivity (Wildman–Crippen MR) is 66.8 cm³/mol. The van der Waals surface area contributed by atoms with E-state index < -0.39 is 0 Å². The Hall–Kier alpha value is -1.46. The third-order valence-electron chi connectivity index (χ3n) is 2.48. The van der Waals surface area contributed by atoms with E-state index in [1.165, 1.54) is 0 Å². The highest BCUT2D eigenvalue weighted by Gasteiger charge is 2.06. The zero-order valence-corrected chi connectivity index (χ0v) is 10.3. The number of hydrogen-bond donors (Lipinski definition) is 2. The van der Waals surface area contributed by atoms with Crippen molar-refractivity contribution in [3.8, 4) is 5.75 Å². The molecular weight excluding hydrogens is 236 g/mol. The quantitative estimate of drug-likeness (QED) is 0.814. The summed E-state index contributed by atoms with van der Waals surface area (Å²) in [6, 6.07) is 7.17. The van der Waals surface area contributed by atoms with Crippen LogP contribution in [0.3, 0.4) is 0 Å². The summed E-state index contributed by atoms with van der Waals surface area (Å²) < 4.78 is 1.87. The number of nitrogens with zero attached hydrogens (tertiary/aromatic N) is 2. The standard InChI is InChI=1S/C12H14N2O2S/c1-14-10(7-15)6-13-12(14)17-8-9-3-2-4-11(16)5-9/h2-6,15-16H,7-8H2,1H3. The van der Waals surface area contributed by atoms with Gasteiger partial charge in [-0.1, -0.05) is 23.9 Å². The molecule has 0 fully saturated rings. The fraction of sp³-hybridized carbons (Fsp3) is 0.250. The van der Waals surface area contributed by atoms with Crippen LogP contribution in [0.5, 0.6) is 5.75 Å². The molecule has 1 aromatic carbocycles. The van der Waals surface area contributed by atoms with Crippen LogP contribution in [-0.2, 0) is 19.4 Å². The summed E-state index contributed by atoms with van der Waals surface area (Å²) in [5.74, 6) is 1.02. The number of aliphatic hydroxyl groups is 1. The van der Waals surface area contributed by atoms with Gasteiger partial charge in [0.15, 0.2) is 5.16 Å². The smallest absolute Gasteiger partial charge is 0.168 e. The molecule has 0 saturated carbocycles. The van der Waals surface area contributed by atoms with Crippen LogP contribution in [-0.4, -0.2) is 19.8 Å². The summed E-state index contributed by atoms with van der Waals surface area (Å²) in [5.41, 5.74) is 1.84. The molecular formula is C12H14N2O2S. The van der Waals surface area contributed by atoms with Gasteiger partial charge in [0.25, 0.3) is 0 Å². The van der Waals surface area contributed by atoms with Gasteiger partial charge in [-0.25, -0.2) is 4.98 Å². The highest BCUT2D eigenvalue weighted by Crippen LogP contribution is 2.23. The minimum Gasteiger partial charge on any atom is -0.508 e. The van der Waals surface area contributed by atoms with Crippen LogP contribution in [0, 0.1) is 0 Å². The number of rotatable bonds is 4. The van der Waals surface area contributed by atoms with E-state index in [-0.39, 0.29) is 12.4 Å². The van der Waals surface area contributed by atoms with Crippen LogP contribution in [0.25, 0.3) is 0 Å². The van der Waals surface area contributed by atoms with Crippen molar-refractivity contribution in [2.24, 2.45) is 7.05 Å². The molecule has 0 radical (unpaired) electrons. The van der Waals surface area contributed by atoms with Crippen molar-refractivity contribution in [3.05, 3.63) is 41.7 Å². The summed E-state index contributed by atoms with van der Waals surface area (Å²) in [6.45, 7) is -0.00378. The number of phenols is 1. The molecule has 0 amide bonds. The molecule has 5 heteroatoms. The molecule has 2 rings (SSSR count). The molecule has 0 atom stereocenters. The van der Waals surface area contributed by atoms with Gasteiger partial charge in [-0.2, -0.15) is 0 Å². The molecule has 0 aliphatic heterocycles. The summed E-state index contributed by atoms with van der Waals surface area (Å²) in [4.78, 5) is 4.23. The lowest BCUT2D eigenvalue weighted by atomic mass is 10.2. The topological polar surface area (TPSA) is 58.3 Å². The number of thioether (sulfide) groups is 1. The van der Waals surface area contributed by atoms with Gasteiger partial charge in [0.2, 0.25) is 0 Å². The lowest BCUT2D eigenvalue weighted by Crippen LogP contribution is -1.97. The van der Waals surface area contributed by atoms with Gasteiger partial charge < -0.3 is 14.8 Å². The highest BCUT2D eigenvalue weighted by atomic mass is 32.2. The van der Waals surface area contributed by atoms with E-state index in [9.17, 15) is 5.11 Å². The molecule has 17 heavy (non-hydrogen) atoms. The van der Waals surface area contributed by atoms with E-state index in [0.29, 0.717) is 0 Å². The molecule has 0 saturated heterocycles. The minimum atomic E-state index is -0.00378. The molecule has 90 valence electrons. The molecule has 0 unspecified atom stereocenters. The Bertz CT molecular complexity index is 511. The Balaban J connectivity index is 2.05.